The molecule has 1 aromatic heterocycles. The fourth-order valence-electron chi connectivity index (χ4n) is 1.80. The smallest absolute Gasteiger partial charge is 0.341 e. The van der Waals surface area contributed by atoms with Gasteiger partial charge >= 0.3 is 5.97 Å². The molecule has 0 bridgehead atoms. The van der Waals surface area contributed by atoms with Gasteiger partial charge in [0, 0.05) is 0 Å². The fourth-order valence-corrected chi connectivity index (χ4v) is 1.80. The molecule has 0 saturated heterocycles. The van der Waals surface area contributed by atoms with Crippen LogP contribution in [0.2, 0.25) is 0 Å². The number of nitro groups is 1. The average Bonchev–Trinajstić information content (AvgIpc) is 2.79. The van der Waals surface area contributed by atoms with Crippen LogP contribution in [0.25, 0.3) is 11.3 Å². The Labute approximate surface area is 112 Å². The lowest BCUT2D eigenvalue weighted by atomic mass is 10.0. The van der Waals surface area contributed by atoms with E-state index in [1.807, 2.05) is 0 Å². The van der Waals surface area contributed by atoms with E-state index in [4.69, 9.17) is 14.4 Å². The second-order valence-electron chi connectivity index (χ2n) is 3.91. The Kier molecular flexibility index (Phi) is 3.38. The topological polar surface area (TPSA) is 116 Å². The number of nitro benzene ring substituents is 1. The highest BCUT2D eigenvalue weighted by molar-refractivity contribution is 5.97. The molecule has 1 heterocycles. The van der Waals surface area contributed by atoms with Crippen LogP contribution in [0.1, 0.15) is 16.1 Å². The summed E-state index contributed by atoms with van der Waals surface area (Å²) in [4.78, 5) is 21.7. The highest BCUT2D eigenvalue weighted by Gasteiger charge is 2.27. The molecular weight excluding hydrogens is 268 g/mol. The molecule has 0 amide bonds. The van der Waals surface area contributed by atoms with E-state index in [1.165, 1.54) is 32.2 Å². The van der Waals surface area contributed by atoms with Gasteiger partial charge in [-0.15, -0.1) is 0 Å². The molecule has 0 aliphatic carbocycles. The lowest BCUT2D eigenvalue weighted by Gasteiger charge is -2.03. The normalized spacial score (nSPS) is 10.3. The van der Waals surface area contributed by atoms with Crippen LogP contribution >= 0.6 is 0 Å². The zero-order valence-corrected chi connectivity index (χ0v) is 10.6. The van der Waals surface area contributed by atoms with Gasteiger partial charge in [-0.1, -0.05) is 5.16 Å². The van der Waals surface area contributed by atoms with Crippen molar-refractivity contribution >= 4 is 11.7 Å². The number of nitrogens with zero attached hydrogens (tertiary/aromatic N) is 2. The summed E-state index contributed by atoms with van der Waals surface area (Å²) in [6.07, 6.45) is 0. The van der Waals surface area contributed by atoms with Crippen molar-refractivity contribution in [3.05, 3.63) is 39.6 Å². The Hall–Kier alpha value is -2.90. The van der Waals surface area contributed by atoms with Crippen LogP contribution in [0.3, 0.4) is 0 Å². The van der Waals surface area contributed by atoms with E-state index >= 15 is 0 Å². The number of carboxylic acid groups (broad SMARTS) is 1. The van der Waals surface area contributed by atoms with Crippen LogP contribution in [-0.2, 0) is 0 Å². The van der Waals surface area contributed by atoms with E-state index in [-0.39, 0.29) is 34.0 Å². The molecule has 0 unspecified atom stereocenters. The second kappa shape index (κ2) is 5.00. The Bertz CT molecular complexity index is 691. The standard InChI is InChI=1S/C12H10N2O6/c1-6-10(12(15)16)11(13-20-6)8-4-3-7(19-2)5-9(8)14(17)18/h3-5H,1-2H3,(H,15,16). The average molecular weight is 278 g/mol. The number of carboxylic acids is 1. The van der Waals surface area contributed by atoms with E-state index in [9.17, 15) is 14.9 Å². The first kappa shape index (κ1) is 13.5. The van der Waals surface area contributed by atoms with E-state index in [1.54, 1.807) is 0 Å². The zero-order chi connectivity index (χ0) is 14.9. The minimum Gasteiger partial charge on any atom is -0.497 e. The number of rotatable bonds is 4. The minimum absolute atomic E-state index is 0.0602. The minimum atomic E-state index is -1.26. The van der Waals surface area contributed by atoms with Crippen LogP contribution in [0.4, 0.5) is 5.69 Å². The number of ether oxygens (including phenoxy) is 1. The molecule has 0 fully saturated rings. The second-order valence-corrected chi connectivity index (χ2v) is 3.91. The SMILES string of the molecule is COc1ccc(-c2noc(C)c2C(=O)O)c([N+](=O)[O-])c1. The summed E-state index contributed by atoms with van der Waals surface area (Å²) in [5, 5.41) is 23.8. The molecule has 1 aromatic carbocycles. The molecule has 20 heavy (non-hydrogen) atoms. The molecule has 0 radical (unpaired) electrons. The predicted molar refractivity (Wildman–Crippen MR) is 66.8 cm³/mol. The number of hydrogen-bond acceptors (Lipinski definition) is 6. The van der Waals surface area contributed by atoms with Gasteiger partial charge in [-0.25, -0.2) is 4.79 Å². The van der Waals surface area contributed by atoms with Gasteiger partial charge in [0.05, 0.1) is 23.7 Å². The summed E-state index contributed by atoms with van der Waals surface area (Å²) in [5.41, 5.74) is -0.521. The molecule has 2 rings (SSSR count). The van der Waals surface area contributed by atoms with Crippen molar-refractivity contribution < 1.29 is 24.1 Å². The number of aromatic carboxylic acids is 1. The van der Waals surface area contributed by atoms with Crippen LogP contribution in [-0.4, -0.2) is 28.3 Å². The van der Waals surface area contributed by atoms with Crippen molar-refractivity contribution in [2.24, 2.45) is 0 Å². The summed E-state index contributed by atoms with van der Waals surface area (Å²) in [7, 11) is 1.38. The summed E-state index contributed by atoms with van der Waals surface area (Å²) in [6, 6.07) is 4.06. The molecule has 104 valence electrons. The number of aryl methyl sites for hydroxylation is 1. The molecule has 0 spiro atoms. The van der Waals surface area contributed by atoms with Crippen LogP contribution in [0.15, 0.2) is 22.7 Å². The molecule has 0 aliphatic rings. The maximum atomic E-state index is 11.2. The molecule has 2 aromatic rings. The largest absolute Gasteiger partial charge is 0.497 e. The monoisotopic (exact) mass is 278 g/mol. The van der Waals surface area contributed by atoms with Gasteiger partial charge in [-0.3, -0.25) is 10.1 Å². The summed E-state index contributed by atoms with van der Waals surface area (Å²) >= 11 is 0. The quantitative estimate of drug-likeness (QED) is 0.673. The number of benzene rings is 1. The van der Waals surface area contributed by atoms with Gasteiger partial charge in [0.25, 0.3) is 5.69 Å². The lowest BCUT2D eigenvalue weighted by molar-refractivity contribution is -0.384. The van der Waals surface area contributed by atoms with Crippen LogP contribution in [0, 0.1) is 17.0 Å². The van der Waals surface area contributed by atoms with Gasteiger partial charge in [-0.05, 0) is 19.1 Å². The molecule has 1 N–H and O–H groups in total. The van der Waals surface area contributed by atoms with Gasteiger partial charge in [-0.2, -0.15) is 0 Å². The third kappa shape index (κ3) is 2.18. The van der Waals surface area contributed by atoms with E-state index < -0.39 is 10.9 Å². The number of aromatic nitrogens is 1. The van der Waals surface area contributed by atoms with Crippen LogP contribution in [0.5, 0.6) is 5.75 Å². The first-order chi connectivity index (χ1) is 9.45. The third-order valence-corrected chi connectivity index (χ3v) is 2.73. The molecule has 0 atom stereocenters. The summed E-state index contributed by atoms with van der Waals surface area (Å²) in [5.74, 6) is -0.890. The highest BCUT2D eigenvalue weighted by Crippen LogP contribution is 2.35. The highest BCUT2D eigenvalue weighted by atomic mass is 16.6. The van der Waals surface area contributed by atoms with Crippen molar-refractivity contribution in [1.82, 2.24) is 5.16 Å². The Morgan fingerprint density at radius 3 is 2.75 bits per heavy atom. The Morgan fingerprint density at radius 2 is 2.20 bits per heavy atom. The third-order valence-electron chi connectivity index (χ3n) is 2.73. The van der Waals surface area contributed by atoms with E-state index in [0.29, 0.717) is 0 Å². The molecular formula is C12H10N2O6. The van der Waals surface area contributed by atoms with Gasteiger partial charge in [0.1, 0.15) is 22.8 Å². The van der Waals surface area contributed by atoms with Gasteiger partial charge in [0.2, 0.25) is 0 Å². The van der Waals surface area contributed by atoms with E-state index in [2.05, 4.69) is 5.16 Å². The summed E-state index contributed by atoms with van der Waals surface area (Å²) in [6.45, 7) is 1.43. The maximum absolute atomic E-state index is 11.2. The molecule has 0 aliphatic heterocycles. The zero-order valence-electron chi connectivity index (χ0n) is 10.6. The van der Waals surface area contributed by atoms with Crippen molar-refractivity contribution in [3.63, 3.8) is 0 Å². The number of methoxy groups -OCH3 is 1. The molecule has 0 saturated carbocycles. The lowest BCUT2D eigenvalue weighted by Crippen LogP contribution is -2.01. The Morgan fingerprint density at radius 1 is 1.50 bits per heavy atom. The maximum Gasteiger partial charge on any atom is 0.341 e. The first-order valence-electron chi connectivity index (χ1n) is 5.48. The molecule has 8 heteroatoms. The van der Waals surface area contributed by atoms with Crippen molar-refractivity contribution in [2.45, 2.75) is 6.92 Å². The molecule has 8 nitrogen and oxygen atoms in total. The Balaban J connectivity index is 2.70. The fraction of sp³-hybridized carbons (Fsp3) is 0.167. The van der Waals surface area contributed by atoms with Crippen molar-refractivity contribution in [3.8, 4) is 17.0 Å². The first-order valence-corrected chi connectivity index (χ1v) is 5.48. The van der Waals surface area contributed by atoms with E-state index in [0.717, 1.165) is 0 Å². The number of carbonyl (C=O) groups is 1. The van der Waals surface area contributed by atoms with Gasteiger partial charge < -0.3 is 14.4 Å². The van der Waals surface area contributed by atoms with Crippen molar-refractivity contribution in [1.29, 1.82) is 0 Å². The summed E-state index contributed by atoms with van der Waals surface area (Å²) < 4.78 is 9.73. The number of hydrogen-bond donors (Lipinski definition) is 1. The van der Waals surface area contributed by atoms with Gasteiger partial charge in [0.15, 0.2) is 0 Å². The predicted octanol–water partition coefficient (Wildman–Crippen LogP) is 2.27. The van der Waals surface area contributed by atoms with Crippen molar-refractivity contribution in [2.75, 3.05) is 7.11 Å². The van der Waals surface area contributed by atoms with Crippen LogP contribution < -0.4 is 4.74 Å².